The highest BCUT2D eigenvalue weighted by molar-refractivity contribution is 6.12. The Labute approximate surface area is 96.2 Å². The molecular weight excluding hydrogens is 224 g/mol. The lowest BCUT2D eigenvalue weighted by molar-refractivity contribution is -0.137. The van der Waals surface area contributed by atoms with E-state index in [2.05, 4.69) is 4.98 Å². The number of hydrogen-bond donors (Lipinski definition) is 1. The van der Waals surface area contributed by atoms with Gasteiger partial charge in [-0.3, -0.25) is 14.5 Å². The van der Waals surface area contributed by atoms with Crippen molar-refractivity contribution in [2.45, 2.75) is 6.54 Å². The Bertz CT molecular complexity index is 501. The number of aromatic nitrogens is 1. The number of carbonyl (C=O) groups excluding carboxylic acids is 2. The third-order valence-electron chi connectivity index (χ3n) is 2.29. The minimum atomic E-state index is -1.12. The predicted molar refractivity (Wildman–Crippen MR) is 55.9 cm³/mol. The Balaban J connectivity index is 2.12. The number of carboxylic acids is 1. The molecule has 1 aromatic heterocycles. The Morgan fingerprint density at radius 3 is 2.35 bits per heavy atom. The highest BCUT2D eigenvalue weighted by Gasteiger charge is 2.23. The molecule has 0 radical (unpaired) electrons. The van der Waals surface area contributed by atoms with E-state index in [9.17, 15) is 14.4 Å². The summed E-state index contributed by atoms with van der Waals surface area (Å²) < 4.78 is 0. The number of aromatic carboxylic acids is 1. The van der Waals surface area contributed by atoms with E-state index in [4.69, 9.17) is 5.11 Å². The zero-order valence-electron chi connectivity index (χ0n) is 8.66. The molecule has 0 aromatic carbocycles. The molecule has 2 amide bonds. The van der Waals surface area contributed by atoms with Gasteiger partial charge in [-0.1, -0.05) is 6.07 Å². The molecule has 1 aliphatic rings. The molecule has 6 nitrogen and oxygen atoms in total. The van der Waals surface area contributed by atoms with Gasteiger partial charge in [0, 0.05) is 18.3 Å². The number of amides is 2. The zero-order chi connectivity index (χ0) is 12.4. The summed E-state index contributed by atoms with van der Waals surface area (Å²) in [4.78, 5) is 37.9. The third kappa shape index (κ3) is 2.20. The van der Waals surface area contributed by atoms with Gasteiger partial charge >= 0.3 is 5.97 Å². The van der Waals surface area contributed by atoms with Gasteiger partial charge in [0.05, 0.1) is 6.54 Å². The van der Waals surface area contributed by atoms with Crippen molar-refractivity contribution in [3.05, 3.63) is 41.7 Å². The van der Waals surface area contributed by atoms with Crippen LogP contribution < -0.4 is 0 Å². The Morgan fingerprint density at radius 1 is 1.24 bits per heavy atom. The zero-order valence-corrected chi connectivity index (χ0v) is 8.66. The van der Waals surface area contributed by atoms with Gasteiger partial charge in [-0.25, -0.2) is 9.78 Å². The van der Waals surface area contributed by atoms with E-state index in [0.717, 1.165) is 4.90 Å². The highest BCUT2D eigenvalue weighted by Crippen LogP contribution is 2.10. The van der Waals surface area contributed by atoms with E-state index in [-0.39, 0.29) is 24.1 Å². The number of hydrogen-bond acceptors (Lipinski definition) is 4. The smallest absolute Gasteiger partial charge is 0.354 e. The average Bonchev–Trinajstić information content (AvgIpc) is 2.61. The van der Waals surface area contributed by atoms with Gasteiger partial charge in [-0.05, 0) is 11.6 Å². The van der Waals surface area contributed by atoms with Gasteiger partial charge in [0.1, 0.15) is 5.69 Å². The fourth-order valence-corrected chi connectivity index (χ4v) is 1.41. The van der Waals surface area contributed by atoms with Gasteiger partial charge in [-0.2, -0.15) is 0 Å². The van der Waals surface area contributed by atoms with Crippen LogP contribution >= 0.6 is 0 Å². The number of carboxylic acid groups (broad SMARTS) is 1. The lowest BCUT2D eigenvalue weighted by Gasteiger charge is -2.13. The van der Waals surface area contributed by atoms with Crippen molar-refractivity contribution in [2.75, 3.05) is 0 Å². The van der Waals surface area contributed by atoms with Gasteiger partial charge in [0.2, 0.25) is 0 Å². The molecular formula is C11H8N2O4. The molecule has 1 N–H and O–H groups in total. The molecule has 1 aliphatic heterocycles. The molecule has 0 bridgehead atoms. The molecule has 0 aliphatic carbocycles. The van der Waals surface area contributed by atoms with E-state index in [1.165, 1.54) is 30.5 Å². The number of nitrogens with zero attached hydrogens (tertiary/aromatic N) is 2. The van der Waals surface area contributed by atoms with Crippen molar-refractivity contribution in [3.63, 3.8) is 0 Å². The van der Waals surface area contributed by atoms with Crippen molar-refractivity contribution in [1.82, 2.24) is 9.88 Å². The van der Waals surface area contributed by atoms with E-state index >= 15 is 0 Å². The maximum atomic E-state index is 11.3. The highest BCUT2D eigenvalue weighted by atomic mass is 16.4. The van der Waals surface area contributed by atoms with Crippen molar-refractivity contribution >= 4 is 17.8 Å². The van der Waals surface area contributed by atoms with Crippen LogP contribution in [0, 0.1) is 0 Å². The predicted octanol–water partition coefficient (Wildman–Crippen LogP) is 0.205. The van der Waals surface area contributed by atoms with Crippen molar-refractivity contribution in [1.29, 1.82) is 0 Å². The molecule has 0 atom stereocenters. The summed E-state index contributed by atoms with van der Waals surface area (Å²) in [5, 5.41) is 8.65. The summed E-state index contributed by atoms with van der Waals surface area (Å²) in [5.74, 6) is -1.87. The van der Waals surface area contributed by atoms with Gasteiger partial charge < -0.3 is 5.11 Å². The molecule has 2 heterocycles. The molecule has 86 valence electrons. The number of rotatable bonds is 3. The van der Waals surface area contributed by atoms with Gasteiger partial charge in [0.25, 0.3) is 11.8 Å². The fourth-order valence-electron chi connectivity index (χ4n) is 1.41. The first-order chi connectivity index (χ1) is 8.08. The van der Waals surface area contributed by atoms with Crippen LogP contribution in [0.25, 0.3) is 0 Å². The van der Waals surface area contributed by atoms with Gasteiger partial charge in [0.15, 0.2) is 0 Å². The Kier molecular flexibility index (Phi) is 2.70. The van der Waals surface area contributed by atoms with E-state index in [1.807, 2.05) is 0 Å². The molecule has 0 fully saturated rings. The molecule has 1 aromatic rings. The van der Waals surface area contributed by atoms with Crippen LogP contribution in [0.5, 0.6) is 0 Å². The quantitative estimate of drug-likeness (QED) is 0.752. The molecule has 0 saturated heterocycles. The lowest BCUT2D eigenvalue weighted by Crippen LogP contribution is -2.29. The third-order valence-corrected chi connectivity index (χ3v) is 2.29. The summed E-state index contributed by atoms with van der Waals surface area (Å²) >= 11 is 0. The van der Waals surface area contributed by atoms with Crippen LogP contribution in [0.15, 0.2) is 30.5 Å². The Hall–Kier alpha value is -2.50. The van der Waals surface area contributed by atoms with Crippen molar-refractivity contribution in [2.24, 2.45) is 0 Å². The number of pyridine rings is 1. The molecule has 0 unspecified atom stereocenters. The first kappa shape index (κ1) is 11.0. The fraction of sp³-hybridized carbons (Fsp3) is 0.0909. The monoisotopic (exact) mass is 232 g/mol. The minimum absolute atomic E-state index is 0.0778. The maximum Gasteiger partial charge on any atom is 0.354 e. The van der Waals surface area contributed by atoms with E-state index in [1.54, 1.807) is 0 Å². The standard InChI is InChI=1S/C11H8N2O4/c14-9-3-4-10(15)13(9)6-7-1-2-8(11(16)17)12-5-7/h1-5H,6H2,(H,16,17). The number of carbonyl (C=O) groups is 3. The average molecular weight is 232 g/mol. The molecule has 2 rings (SSSR count). The molecule has 0 saturated carbocycles. The van der Waals surface area contributed by atoms with Gasteiger partial charge in [-0.15, -0.1) is 0 Å². The normalized spacial score (nSPS) is 14.5. The molecule has 17 heavy (non-hydrogen) atoms. The maximum absolute atomic E-state index is 11.3. The largest absolute Gasteiger partial charge is 0.477 e. The second-order valence-corrected chi connectivity index (χ2v) is 3.45. The first-order valence-electron chi connectivity index (χ1n) is 4.79. The molecule has 6 heteroatoms. The van der Waals surface area contributed by atoms with Crippen molar-refractivity contribution < 1.29 is 19.5 Å². The second kappa shape index (κ2) is 4.17. The summed E-state index contributed by atoms with van der Waals surface area (Å²) in [5.41, 5.74) is 0.520. The topological polar surface area (TPSA) is 87.6 Å². The van der Waals surface area contributed by atoms with Crippen LogP contribution in [-0.4, -0.2) is 32.8 Å². The minimum Gasteiger partial charge on any atom is -0.477 e. The summed E-state index contributed by atoms with van der Waals surface area (Å²) in [7, 11) is 0. The van der Waals surface area contributed by atoms with E-state index < -0.39 is 5.97 Å². The van der Waals surface area contributed by atoms with Crippen LogP contribution in [0.4, 0.5) is 0 Å². The summed E-state index contributed by atoms with van der Waals surface area (Å²) in [6.07, 6.45) is 3.73. The molecule has 0 spiro atoms. The van der Waals surface area contributed by atoms with Crippen molar-refractivity contribution in [3.8, 4) is 0 Å². The summed E-state index contributed by atoms with van der Waals surface area (Å²) in [6, 6.07) is 2.85. The summed E-state index contributed by atoms with van der Waals surface area (Å²) in [6.45, 7) is 0.0948. The SMILES string of the molecule is O=C(O)c1ccc(CN2C(=O)C=CC2=O)cn1. The Morgan fingerprint density at radius 2 is 1.88 bits per heavy atom. The lowest BCUT2D eigenvalue weighted by atomic mass is 10.2. The number of imide groups is 1. The van der Waals surface area contributed by atoms with Crippen LogP contribution in [0.3, 0.4) is 0 Å². The van der Waals surface area contributed by atoms with E-state index in [0.29, 0.717) is 5.56 Å². The van der Waals surface area contributed by atoms with Crippen LogP contribution in [0.1, 0.15) is 16.1 Å². The van der Waals surface area contributed by atoms with Crippen LogP contribution in [-0.2, 0) is 16.1 Å². The van der Waals surface area contributed by atoms with Crippen LogP contribution in [0.2, 0.25) is 0 Å². The first-order valence-corrected chi connectivity index (χ1v) is 4.79. The second-order valence-electron chi connectivity index (χ2n) is 3.45.